The van der Waals surface area contributed by atoms with Crippen LogP contribution in [0.3, 0.4) is 0 Å². The van der Waals surface area contributed by atoms with Gasteiger partial charge in [0.15, 0.2) is 0 Å². The van der Waals surface area contributed by atoms with Crippen LogP contribution in [0.2, 0.25) is 0 Å². The average Bonchev–Trinajstić information content (AvgIpc) is 2.39. The minimum Gasteiger partial charge on any atom is -0.433 e. The van der Waals surface area contributed by atoms with E-state index in [-0.39, 0.29) is 17.4 Å². The van der Waals surface area contributed by atoms with E-state index in [4.69, 9.17) is 10.5 Å². The number of anilines is 1. The van der Waals surface area contributed by atoms with E-state index >= 15 is 0 Å². The van der Waals surface area contributed by atoms with Crippen molar-refractivity contribution in [3.63, 3.8) is 0 Å². The van der Waals surface area contributed by atoms with E-state index in [1.165, 1.54) is 12.1 Å². The Hall–Kier alpha value is -2.63. The summed E-state index contributed by atoms with van der Waals surface area (Å²) >= 11 is 0. The van der Waals surface area contributed by atoms with Crippen molar-refractivity contribution in [2.24, 2.45) is 0 Å². The van der Waals surface area contributed by atoms with Crippen molar-refractivity contribution >= 4 is 11.5 Å². The van der Waals surface area contributed by atoms with Crippen LogP contribution in [0.4, 0.5) is 11.5 Å². The average molecular weight is 259 g/mol. The Balaban J connectivity index is 2.42. The number of ether oxygens (including phenoxy) is 1. The number of nitrogen functional groups attached to an aromatic ring is 1. The van der Waals surface area contributed by atoms with Gasteiger partial charge in [0.1, 0.15) is 11.6 Å². The maximum atomic E-state index is 10.9. The lowest BCUT2D eigenvalue weighted by Gasteiger charge is -2.09. The molecule has 0 amide bonds. The van der Waals surface area contributed by atoms with Crippen LogP contribution < -0.4 is 10.5 Å². The fourth-order valence-electron chi connectivity index (χ4n) is 1.66. The molecule has 0 saturated carbocycles. The third-order valence-corrected chi connectivity index (χ3v) is 2.62. The lowest BCUT2D eigenvalue weighted by Crippen LogP contribution is -2.00. The lowest BCUT2D eigenvalue weighted by molar-refractivity contribution is -0.386. The molecule has 0 unspecified atom stereocenters. The molecule has 2 rings (SSSR count). The number of aromatic nitrogens is 1. The molecule has 0 aliphatic heterocycles. The molecule has 1 aromatic heterocycles. The highest BCUT2D eigenvalue weighted by Crippen LogP contribution is 2.31. The molecule has 1 heterocycles. The molecule has 0 saturated heterocycles. The zero-order valence-electron chi connectivity index (χ0n) is 10.4. The van der Waals surface area contributed by atoms with Crippen LogP contribution in [0.1, 0.15) is 12.5 Å². The van der Waals surface area contributed by atoms with E-state index in [1.807, 2.05) is 19.1 Å². The van der Waals surface area contributed by atoms with Gasteiger partial charge in [0.05, 0.1) is 4.92 Å². The molecule has 0 radical (unpaired) electrons. The molecule has 98 valence electrons. The number of hydrogen-bond donors (Lipinski definition) is 1. The zero-order valence-corrected chi connectivity index (χ0v) is 10.4. The molecular formula is C13H13N3O3. The molecule has 6 nitrogen and oxygen atoms in total. The SMILES string of the molecule is CCc1ccccc1Oc1nc(N)ccc1[N+](=O)[O-]. The number of pyridine rings is 1. The van der Waals surface area contributed by atoms with E-state index in [0.29, 0.717) is 5.75 Å². The van der Waals surface area contributed by atoms with E-state index in [9.17, 15) is 10.1 Å². The minimum absolute atomic E-state index is 0.0918. The summed E-state index contributed by atoms with van der Waals surface area (Å²) in [5, 5.41) is 10.9. The van der Waals surface area contributed by atoms with Gasteiger partial charge in [0.25, 0.3) is 0 Å². The quantitative estimate of drug-likeness (QED) is 0.673. The number of nitrogens with zero attached hydrogens (tertiary/aromatic N) is 2. The van der Waals surface area contributed by atoms with Crippen molar-refractivity contribution < 1.29 is 9.66 Å². The summed E-state index contributed by atoms with van der Waals surface area (Å²) in [5.41, 5.74) is 6.28. The number of nitrogens with two attached hydrogens (primary N) is 1. The minimum atomic E-state index is -0.545. The smallest absolute Gasteiger partial charge is 0.331 e. The molecule has 0 fully saturated rings. The van der Waals surface area contributed by atoms with Crippen molar-refractivity contribution in [3.05, 3.63) is 52.1 Å². The van der Waals surface area contributed by atoms with Gasteiger partial charge in [-0.25, -0.2) is 0 Å². The topological polar surface area (TPSA) is 91.3 Å². The Morgan fingerprint density at radius 1 is 1.32 bits per heavy atom. The van der Waals surface area contributed by atoms with Gasteiger partial charge in [0.2, 0.25) is 0 Å². The molecule has 0 bridgehead atoms. The summed E-state index contributed by atoms with van der Waals surface area (Å²) in [7, 11) is 0. The maximum Gasteiger partial charge on any atom is 0.331 e. The van der Waals surface area contributed by atoms with Crippen LogP contribution >= 0.6 is 0 Å². The summed E-state index contributed by atoms with van der Waals surface area (Å²) in [6, 6.07) is 9.98. The number of aryl methyl sites for hydroxylation is 1. The highest BCUT2D eigenvalue weighted by Gasteiger charge is 2.18. The largest absolute Gasteiger partial charge is 0.433 e. The number of para-hydroxylation sites is 1. The van der Waals surface area contributed by atoms with Gasteiger partial charge in [-0.3, -0.25) is 10.1 Å². The van der Waals surface area contributed by atoms with Crippen molar-refractivity contribution in [1.82, 2.24) is 4.98 Å². The third-order valence-electron chi connectivity index (χ3n) is 2.62. The van der Waals surface area contributed by atoms with Gasteiger partial charge >= 0.3 is 11.6 Å². The lowest BCUT2D eigenvalue weighted by atomic mass is 10.1. The third kappa shape index (κ3) is 2.79. The number of nitro groups is 1. The molecule has 0 aliphatic rings. The van der Waals surface area contributed by atoms with Gasteiger partial charge in [-0.1, -0.05) is 25.1 Å². The zero-order chi connectivity index (χ0) is 13.8. The first kappa shape index (κ1) is 12.8. The summed E-state index contributed by atoms with van der Waals surface area (Å²) in [6.07, 6.45) is 0.756. The maximum absolute atomic E-state index is 10.9. The predicted molar refractivity (Wildman–Crippen MR) is 71.2 cm³/mol. The molecular weight excluding hydrogens is 246 g/mol. The van der Waals surface area contributed by atoms with Crippen molar-refractivity contribution in [2.45, 2.75) is 13.3 Å². The van der Waals surface area contributed by atoms with Crippen LogP contribution in [-0.2, 0) is 6.42 Å². The van der Waals surface area contributed by atoms with Crippen molar-refractivity contribution in [1.29, 1.82) is 0 Å². The van der Waals surface area contributed by atoms with Crippen molar-refractivity contribution in [3.8, 4) is 11.6 Å². The second kappa shape index (κ2) is 5.34. The predicted octanol–water partition coefficient (Wildman–Crippen LogP) is 2.93. The van der Waals surface area contributed by atoms with Crippen LogP contribution in [0.5, 0.6) is 11.6 Å². The van der Waals surface area contributed by atoms with Gasteiger partial charge in [-0.2, -0.15) is 4.98 Å². The highest BCUT2D eigenvalue weighted by molar-refractivity contribution is 5.49. The van der Waals surface area contributed by atoms with Crippen LogP contribution in [0.25, 0.3) is 0 Å². The van der Waals surface area contributed by atoms with E-state index in [0.717, 1.165) is 12.0 Å². The molecule has 2 aromatic rings. The normalized spacial score (nSPS) is 10.2. The molecule has 6 heteroatoms. The second-order valence-electron chi connectivity index (χ2n) is 3.88. The Labute approximate surface area is 110 Å². The number of rotatable bonds is 4. The Morgan fingerprint density at radius 3 is 2.74 bits per heavy atom. The molecule has 2 N–H and O–H groups in total. The van der Waals surface area contributed by atoms with Gasteiger partial charge in [-0.15, -0.1) is 0 Å². The summed E-state index contributed by atoms with van der Waals surface area (Å²) < 4.78 is 5.54. The summed E-state index contributed by atoms with van der Waals surface area (Å²) in [5.74, 6) is 0.631. The Morgan fingerprint density at radius 2 is 2.05 bits per heavy atom. The van der Waals surface area contributed by atoms with Crippen LogP contribution in [0, 0.1) is 10.1 Å². The first-order chi connectivity index (χ1) is 9.11. The van der Waals surface area contributed by atoms with Crippen LogP contribution in [-0.4, -0.2) is 9.91 Å². The fraction of sp³-hybridized carbons (Fsp3) is 0.154. The summed E-state index contributed by atoms with van der Waals surface area (Å²) in [4.78, 5) is 14.3. The molecule has 19 heavy (non-hydrogen) atoms. The highest BCUT2D eigenvalue weighted by atomic mass is 16.6. The van der Waals surface area contributed by atoms with Gasteiger partial charge in [0, 0.05) is 6.07 Å². The van der Waals surface area contributed by atoms with Gasteiger partial charge in [-0.05, 0) is 24.1 Å². The Kier molecular flexibility index (Phi) is 3.61. The second-order valence-corrected chi connectivity index (χ2v) is 3.88. The standard InChI is InChI=1S/C13H13N3O3/c1-2-9-5-3-4-6-11(9)19-13-10(16(17)18)7-8-12(14)15-13/h3-8H,2H2,1H3,(H2,14,15). The first-order valence-corrected chi connectivity index (χ1v) is 5.78. The number of hydrogen-bond acceptors (Lipinski definition) is 5. The fourth-order valence-corrected chi connectivity index (χ4v) is 1.66. The van der Waals surface area contributed by atoms with E-state index in [1.54, 1.807) is 12.1 Å². The molecule has 0 atom stereocenters. The number of benzene rings is 1. The molecule has 0 aliphatic carbocycles. The molecule has 0 spiro atoms. The van der Waals surface area contributed by atoms with E-state index < -0.39 is 4.92 Å². The van der Waals surface area contributed by atoms with Crippen molar-refractivity contribution in [2.75, 3.05) is 5.73 Å². The molecule has 1 aromatic carbocycles. The van der Waals surface area contributed by atoms with E-state index in [2.05, 4.69) is 4.98 Å². The first-order valence-electron chi connectivity index (χ1n) is 5.78. The summed E-state index contributed by atoms with van der Waals surface area (Å²) in [6.45, 7) is 1.98. The van der Waals surface area contributed by atoms with Gasteiger partial charge < -0.3 is 10.5 Å². The van der Waals surface area contributed by atoms with Crippen LogP contribution in [0.15, 0.2) is 36.4 Å². The Bertz CT molecular complexity index is 614. The monoisotopic (exact) mass is 259 g/mol.